The average molecular weight is 420 g/mol. The van der Waals surface area contributed by atoms with Crippen LogP contribution < -0.4 is 20.1 Å². The molecule has 7 heteroatoms. The van der Waals surface area contributed by atoms with Crippen LogP contribution in [0, 0.1) is 0 Å². The van der Waals surface area contributed by atoms with E-state index < -0.39 is 0 Å². The van der Waals surface area contributed by atoms with Gasteiger partial charge in [0.25, 0.3) is 0 Å². The van der Waals surface area contributed by atoms with E-state index in [2.05, 4.69) is 32.5 Å². The van der Waals surface area contributed by atoms with E-state index in [-0.39, 0.29) is 0 Å². The quantitative estimate of drug-likeness (QED) is 0.382. The van der Waals surface area contributed by atoms with Gasteiger partial charge in [-0.15, -0.1) is 0 Å². The molecular weight excluding hydrogens is 390 g/mol. The lowest BCUT2D eigenvalue weighted by Gasteiger charge is -2.14. The number of hydrogen-bond donors (Lipinski definition) is 2. The van der Waals surface area contributed by atoms with Gasteiger partial charge in [-0.2, -0.15) is 0 Å². The standard InChI is InChI=1S/C24H29N5O2/c1-3-17-30-21-9-11-22(12-10-21)31-23-19(7-6-15-27-23)18-29-24(25-2)28-16-13-20-8-4-5-14-26-20/h4-12,14-15H,3,13,16-18H2,1-2H3,(H2,25,28,29). The minimum atomic E-state index is 0.532. The Morgan fingerprint density at radius 1 is 0.935 bits per heavy atom. The maximum atomic E-state index is 6.00. The lowest BCUT2D eigenvalue weighted by molar-refractivity contribution is 0.317. The Labute approximate surface area is 183 Å². The number of ether oxygens (including phenoxy) is 2. The summed E-state index contributed by atoms with van der Waals surface area (Å²) in [5.74, 6) is 2.81. The third kappa shape index (κ3) is 7.29. The largest absolute Gasteiger partial charge is 0.494 e. The molecular formula is C24H29N5O2. The number of aliphatic imine (C=N–C) groups is 1. The molecule has 0 fully saturated rings. The summed E-state index contributed by atoms with van der Waals surface area (Å²) in [7, 11) is 1.75. The van der Waals surface area contributed by atoms with Gasteiger partial charge in [-0.05, 0) is 48.9 Å². The van der Waals surface area contributed by atoms with E-state index in [1.54, 1.807) is 19.4 Å². The molecule has 2 heterocycles. The summed E-state index contributed by atoms with van der Waals surface area (Å²) < 4.78 is 11.6. The lowest BCUT2D eigenvalue weighted by Crippen LogP contribution is -2.38. The molecule has 0 saturated carbocycles. The van der Waals surface area contributed by atoms with E-state index >= 15 is 0 Å². The Balaban J connectivity index is 1.53. The highest BCUT2D eigenvalue weighted by atomic mass is 16.5. The van der Waals surface area contributed by atoms with Gasteiger partial charge in [-0.1, -0.05) is 19.1 Å². The van der Waals surface area contributed by atoms with Crippen LogP contribution in [0.25, 0.3) is 0 Å². The highest BCUT2D eigenvalue weighted by molar-refractivity contribution is 5.79. The van der Waals surface area contributed by atoms with Gasteiger partial charge in [0.2, 0.25) is 5.88 Å². The molecule has 0 saturated heterocycles. The summed E-state index contributed by atoms with van der Waals surface area (Å²) in [4.78, 5) is 13.0. The van der Waals surface area contributed by atoms with Gasteiger partial charge in [0.1, 0.15) is 11.5 Å². The summed E-state index contributed by atoms with van der Waals surface area (Å²) in [6.07, 6.45) is 5.32. The molecule has 0 unspecified atom stereocenters. The molecule has 0 bridgehead atoms. The second-order valence-electron chi connectivity index (χ2n) is 6.81. The molecule has 0 amide bonds. The van der Waals surface area contributed by atoms with E-state index in [9.17, 15) is 0 Å². The van der Waals surface area contributed by atoms with Gasteiger partial charge in [0.05, 0.1) is 6.61 Å². The van der Waals surface area contributed by atoms with Gasteiger partial charge in [-0.25, -0.2) is 4.98 Å². The van der Waals surface area contributed by atoms with Crippen molar-refractivity contribution in [1.82, 2.24) is 20.6 Å². The Kier molecular flexibility index (Phi) is 8.67. The SMILES string of the molecule is CCCOc1ccc(Oc2ncccc2CNC(=NC)NCCc2ccccn2)cc1. The van der Waals surface area contributed by atoms with E-state index in [0.29, 0.717) is 30.7 Å². The number of benzene rings is 1. The fourth-order valence-corrected chi connectivity index (χ4v) is 2.84. The first-order valence-electron chi connectivity index (χ1n) is 10.5. The molecule has 31 heavy (non-hydrogen) atoms. The third-order valence-electron chi connectivity index (χ3n) is 4.43. The smallest absolute Gasteiger partial charge is 0.224 e. The molecule has 0 radical (unpaired) electrons. The van der Waals surface area contributed by atoms with Gasteiger partial charge in [0.15, 0.2) is 5.96 Å². The molecule has 2 aromatic heterocycles. The van der Waals surface area contributed by atoms with Crippen LogP contribution in [0.15, 0.2) is 72.0 Å². The molecule has 0 atom stereocenters. The van der Waals surface area contributed by atoms with Crippen molar-refractivity contribution >= 4 is 5.96 Å². The predicted molar refractivity (Wildman–Crippen MR) is 123 cm³/mol. The first-order valence-corrected chi connectivity index (χ1v) is 10.5. The topological polar surface area (TPSA) is 80.7 Å². The van der Waals surface area contributed by atoms with Crippen LogP contribution in [0.4, 0.5) is 0 Å². The molecule has 3 rings (SSSR count). The number of nitrogens with one attached hydrogen (secondary N) is 2. The van der Waals surface area contributed by atoms with E-state index in [1.165, 1.54) is 0 Å². The van der Waals surface area contributed by atoms with Crippen LogP contribution in [0.2, 0.25) is 0 Å². The second kappa shape index (κ2) is 12.2. The maximum Gasteiger partial charge on any atom is 0.224 e. The van der Waals surface area contributed by atoms with Crippen molar-refractivity contribution in [2.75, 3.05) is 20.2 Å². The zero-order valence-electron chi connectivity index (χ0n) is 18.0. The van der Waals surface area contributed by atoms with Crippen LogP contribution in [0.3, 0.4) is 0 Å². The van der Waals surface area contributed by atoms with Crippen molar-refractivity contribution < 1.29 is 9.47 Å². The molecule has 1 aromatic carbocycles. The zero-order chi connectivity index (χ0) is 21.7. The van der Waals surface area contributed by atoms with Gasteiger partial charge >= 0.3 is 0 Å². The van der Waals surface area contributed by atoms with Gasteiger partial charge in [0, 0.05) is 50.2 Å². The normalized spacial score (nSPS) is 11.1. The van der Waals surface area contributed by atoms with Crippen molar-refractivity contribution in [2.45, 2.75) is 26.3 Å². The molecule has 0 aliphatic carbocycles. The van der Waals surface area contributed by atoms with E-state index in [0.717, 1.165) is 36.4 Å². The first kappa shape index (κ1) is 22.1. The Morgan fingerprint density at radius 3 is 2.48 bits per heavy atom. The second-order valence-corrected chi connectivity index (χ2v) is 6.81. The van der Waals surface area contributed by atoms with Gasteiger partial charge in [-0.3, -0.25) is 9.98 Å². The van der Waals surface area contributed by atoms with Crippen LogP contribution in [-0.4, -0.2) is 36.1 Å². The molecule has 3 aromatic rings. The van der Waals surface area contributed by atoms with Crippen LogP contribution in [-0.2, 0) is 13.0 Å². The Bertz CT molecular complexity index is 946. The Hall–Kier alpha value is -3.61. The summed E-state index contributed by atoms with van der Waals surface area (Å²) >= 11 is 0. The highest BCUT2D eigenvalue weighted by Crippen LogP contribution is 2.25. The van der Waals surface area contributed by atoms with E-state index in [1.807, 2.05) is 54.6 Å². The Morgan fingerprint density at radius 2 is 1.74 bits per heavy atom. The maximum absolute atomic E-state index is 6.00. The van der Waals surface area contributed by atoms with Gasteiger partial charge < -0.3 is 20.1 Å². The number of nitrogens with zero attached hydrogens (tertiary/aromatic N) is 3. The molecule has 7 nitrogen and oxygen atoms in total. The van der Waals surface area contributed by atoms with Crippen LogP contribution >= 0.6 is 0 Å². The fraction of sp³-hybridized carbons (Fsp3) is 0.292. The van der Waals surface area contributed by atoms with Crippen LogP contribution in [0.5, 0.6) is 17.4 Å². The monoisotopic (exact) mass is 419 g/mol. The van der Waals surface area contributed by atoms with Crippen molar-refractivity contribution in [3.05, 3.63) is 78.2 Å². The molecule has 2 N–H and O–H groups in total. The molecule has 162 valence electrons. The third-order valence-corrected chi connectivity index (χ3v) is 4.43. The minimum absolute atomic E-state index is 0.532. The van der Waals surface area contributed by atoms with Crippen LogP contribution in [0.1, 0.15) is 24.6 Å². The zero-order valence-corrected chi connectivity index (χ0v) is 18.0. The summed E-state index contributed by atoms with van der Waals surface area (Å²) in [5.41, 5.74) is 1.97. The summed E-state index contributed by atoms with van der Waals surface area (Å²) in [5, 5.41) is 6.61. The minimum Gasteiger partial charge on any atom is -0.494 e. The fourth-order valence-electron chi connectivity index (χ4n) is 2.84. The first-order chi connectivity index (χ1) is 15.3. The van der Waals surface area contributed by atoms with Crippen molar-refractivity contribution in [1.29, 1.82) is 0 Å². The number of pyridine rings is 2. The van der Waals surface area contributed by atoms with Crippen molar-refractivity contribution in [3.8, 4) is 17.4 Å². The number of aromatic nitrogens is 2. The van der Waals surface area contributed by atoms with Crippen molar-refractivity contribution in [2.24, 2.45) is 4.99 Å². The lowest BCUT2D eigenvalue weighted by atomic mass is 10.2. The summed E-state index contributed by atoms with van der Waals surface area (Å²) in [6.45, 7) is 4.05. The molecule has 0 aliphatic rings. The number of hydrogen-bond acceptors (Lipinski definition) is 5. The summed E-state index contributed by atoms with van der Waals surface area (Å²) in [6, 6.07) is 17.4. The number of rotatable bonds is 10. The highest BCUT2D eigenvalue weighted by Gasteiger charge is 2.08. The number of guanidine groups is 1. The van der Waals surface area contributed by atoms with Crippen molar-refractivity contribution in [3.63, 3.8) is 0 Å². The average Bonchev–Trinajstić information content (AvgIpc) is 2.82. The molecule has 0 spiro atoms. The predicted octanol–water partition coefficient (Wildman–Crippen LogP) is 3.97. The molecule has 0 aliphatic heterocycles. The van der Waals surface area contributed by atoms with E-state index in [4.69, 9.17) is 9.47 Å².